The Morgan fingerprint density at radius 3 is 2.04 bits per heavy atom. The van der Waals surface area contributed by atoms with E-state index in [0.29, 0.717) is 11.1 Å². The van der Waals surface area contributed by atoms with Gasteiger partial charge in [0.05, 0.1) is 7.11 Å². The molecule has 4 heteroatoms. The Morgan fingerprint density at radius 1 is 0.913 bits per heavy atom. The highest BCUT2D eigenvalue weighted by atomic mass is 16.5. The van der Waals surface area contributed by atoms with E-state index in [0.717, 1.165) is 5.56 Å². The Morgan fingerprint density at radius 2 is 1.48 bits per heavy atom. The van der Waals surface area contributed by atoms with Crippen LogP contribution in [0.4, 0.5) is 0 Å². The smallest absolute Gasteiger partial charge is 0.313 e. The Kier molecular flexibility index (Phi) is 5.41. The van der Waals surface area contributed by atoms with Crippen LogP contribution in [0.1, 0.15) is 40.7 Å². The highest BCUT2D eigenvalue weighted by molar-refractivity contribution is 6.09. The molecular weight excluding hydrogens is 292 g/mol. The third-order valence-corrected chi connectivity index (χ3v) is 3.74. The predicted octanol–water partition coefficient (Wildman–Crippen LogP) is 3.15. The highest BCUT2D eigenvalue weighted by Gasteiger charge is 2.19. The Balaban J connectivity index is 2.11. The summed E-state index contributed by atoms with van der Waals surface area (Å²) in [4.78, 5) is 35.5. The summed E-state index contributed by atoms with van der Waals surface area (Å²) in [6.07, 6.45) is -0.248. The van der Waals surface area contributed by atoms with Crippen molar-refractivity contribution >= 4 is 17.5 Å². The Hall–Kier alpha value is -2.75. The van der Waals surface area contributed by atoms with Crippen molar-refractivity contribution in [3.05, 3.63) is 71.3 Å². The molecule has 0 unspecified atom stereocenters. The molecule has 23 heavy (non-hydrogen) atoms. The number of rotatable bonds is 6. The summed E-state index contributed by atoms with van der Waals surface area (Å²) < 4.78 is 4.50. The third-order valence-electron chi connectivity index (χ3n) is 3.74. The van der Waals surface area contributed by atoms with Gasteiger partial charge in [-0.05, 0) is 5.56 Å². The number of ether oxygens (including phenoxy) is 1. The van der Waals surface area contributed by atoms with Gasteiger partial charge in [0, 0.05) is 17.0 Å². The summed E-state index contributed by atoms with van der Waals surface area (Å²) in [5.74, 6) is -1.24. The zero-order valence-corrected chi connectivity index (χ0v) is 13.1. The number of methoxy groups -OCH3 is 1. The maximum atomic E-state index is 12.3. The molecule has 2 aromatic carbocycles. The number of esters is 1. The molecule has 4 nitrogen and oxygen atoms in total. The maximum Gasteiger partial charge on any atom is 0.313 e. The number of hydrogen-bond acceptors (Lipinski definition) is 4. The van der Waals surface area contributed by atoms with Gasteiger partial charge in [-0.1, -0.05) is 61.5 Å². The van der Waals surface area contributed by atoms with Crippen LogP contribution in [0.2, 0.25) is 0 Å². The molecule has 0 aliphatic rings. The molecule has 2 rings (SSSR count). The van der Waals surface area contributed by atoms with Crippen molar-refractivity contribution in [2.24, 2.45) is 0 Å². The first kappa shape index (κ1) is 16.6. The monoisotopic (exact) mass is 310 g/mol. The third kappa shape index (κ3) is 4.13. The van der Waals surface area contributed by atoms with E-state index < -0.39 is 11.9 Å². The molecule has 0 saturated carbocycles. The second kappa shape index (κ2) is 7.49. The first-order valence-electron chi connectivity index (χ1n) is 7.32. The molecular formula is C19H18O4. The molecule has 0 spiro atoms. The number of Topliss-reactive ketones (excluding diaryl/α,β-unsaturated/α-hetero) is 1. The fraction of sp³-hybridized carbons (Fsp3) is 0.211. The van der Waals surface area contributed by atoms with Gasteiger partial charge < -0.3 is 4.74 Å². The molecule has 0 fully saturated rings. The van der Waals surface area contributed by atoms with Gasteiger partial charge in [-0.2, -0.15) is 0 Å². The summed E-state index contributed by atoms with van der Waals surface area (Å²) in [6, 6.07) is 15.9. The standard InChI is InChI=1S/C19H18O4/c1-13(17(20)12-18(21)23-2)14-8-10-16(11-9-14)19(22)15-6-4-3-5-7-15/h3-11,13H,12H2,1-2H3/t13-/m1/s1. The van der Waals surface area contributed by atoms with Gasteiger partial charge in [-0.25, -0.2) is 0 Å². The van der Waals surface area contributed by atoms with Crippen molar-refractivity contribution in [1.82, 2.24) is 0 Å². The van der Waals surface area contributed by atoms with E-state index in [1.165, 1.54) is 7.11 Å². The van der Waals surface area contributed by atoms with Crippen molar-refractivity contribution in [3.8, 4) is 0 Å². The summed E-state index contributed by atoms with van der Waals surface area (Å²) in [7, 11) is 1.25. The number of benzene rings is 2. The van der Waals surface area contributed by atoms with E-state index in [9.17, 15) is 14.4 Å². The number of carbonyl (C=O) groups is 3. The van der Waals surface area contributed by atoms with Gasteiger partial charge in [0.25, 0.3) is 0 Å². The van der Waals surface area contributed by atoms with Gasteiger partial charge in [0.2, 0.25) is 0 Å². The quantitative estimate of drug-likeness (QED) is 0.467. The van der Waals surface area contributed by atoms with Gasteiger partial charge in [0.1, 0.15) is 6.42 Å². The molecule has 0 aromatic heterocycles. The lowest BCUT2D eigenvalue weighted by atomic mass is 9.93. The molecule has 0 aliphatic heterocycles. The van der Waals surface area contributed by atoms with E-state index >= 15 is 0 Å². The number of hydrogen-bond donors (Lipinski definition) is 0. The number of carbonyl (C=O) groups excluding carboxylic acids is 3. The van der Waals surface area contributed by atoms with Crippen LogP contribution in [0, 0.1) is 0 Å². The minimum Gasteiger partial charge on any atom is -0.469 e. The van der Waals surface area contributed by atoms with Crippen molar-refractivity contribution in [2.75, 3.05) is 7.11 Å². The average molecular weight is 310 g/mol. The van der Waals surface area contributed by atoms with E-state index in [1.807, 2.05) is 18.2 Å². The van der Waals surface area contributed by atoms with Gasteiger partial charge in [-0.3, -0.25) is 14.4 Å². The normalized spacial score (nSPS) is 11.6. The minimum atomic E-state index is -0.544. The molecule has 0 aliphatic carbocycles. The SMILES string of the molecule is COC(=O)CC(=O)[C@H](C)c1ccc(C(=O)c2ccccc2)cc1. The van der Waals surface area contributed by atoms with Gasteiger partial charge in [-0.15, -0.1) is 0 Å². The molecule has 2 aromatic rings. The van der Waals surface area contributed by atoms with Gasteiger partial charge in [0.15, 0.2) is 11.6 Å². The van der Waals surface area contributed by atoms with Crippen molar-refractivity contribution in [3.63, 3.8) is 0 Å². The van der Waals surface area contributed by atoms with Crippen LogP contribution in [0.15, 0.2) is 54.6 Å². The van der Waals surface area contributed by atoms with Crippen molar-refractivity contribution in [1.29, 1.82) is 0 Å². The van der Waals surface area contributed by atoms with Crippen molar-refractivity contribution in [2.45, 2.75) is 19.3 Å². The minimum absolute atomic E-state index is 0.0642. The molecule has 0 N–H and O–H groups in total. The molecule has 0 amide bonds. The maximum absolute atomic E-state index is 12.3. The summed E-state index contributed by atoms with van der Waals surface area (Å²) in [5.41, 5.74) is 1.95. The molecule has 0 heterocycles. The van der Waals surface area contributed by atoms with Crippen LogP contribution in [0.25, 0.3) is 0 Å². The lowest BCUT2D eigenvalue weighted by Crippen LogP contribution is -2.15. The molecule has 0 radical (unpaired) electrons. The van der Waals surface area contributed by atoms with E-state index in [4.69, 9.17) is 0 Å². The summed E-state index contributed by atoms with van der Waals surface area (Å²) >= 11 is 0. The number of ketones is 2. The van der Waals surface area contributed by atoms with E-state index in [1.54, 1.807) is 43.3 Å². The van der Waals surface area contributed by atoms with E-state index in [-0.39, 0.29) is 18.0 Å². The largest absolute Gasteiger partial charge is 0.469 e. The zero-order valence-electron chi connectivity index (χ0n) is 13.1. The molecule has 0 saturated heterocycles. The van der Waals surface area contributed by atoms with Crippen molar-refractivity contribution < 1.29 is 19.1 Å². The molecule has 118 valence electrons. The average Bonchev–Trinajstić information content (AvgIpc) is 2.61. The van der Waals surface area contributed by atoms with Crippen LogP contribution in [-0.2, 0) is 14.3 Å². The van der Waals surface area contributed by atoms with Crippen LogP contribution in [-0.4, -0.2) is 24.6 Å². The second-order valence-corrected chi connectivity index (χ2v) is 5.26. The fourth-order valence-electron chi connectivity index (χ4n) is 2.23. The fourth-order valence-corrected chi connectivity index (χ4v) is 2.23. The first-order chi connectivity index (χ1) is 11.0. The van der Waals surface area contributed by atoms with Crippen LogP contribution in [0.5, 0.6) is 0 Å². The van der Waals surface area contributed by atoms with Gasteiger partial charge >= 0.3 is 5.97 Å². The molecule has 1 atom stereocenters. The van der Waals surface area contributed by atoms with E-state index in [2.05, 4.69) is 4.74 Å². The van der Waals surface area contributed by atoms with Crippen LogP contribution in [0.3, 0.4) is 0 Å². The zero-order chi connectivity index (χ0) is 16.8. The molecule has 0 bridgehead atoms. The first-order valence-corrected chi connectivity index (χ1v) is 7.32. The van der Waals surface area contributed by atoms with Crippen LogP contribution < -0.4 is 0 Å². The lowest BCUT2D eigenvalue weighted by molar-refractivity contribution is -0.143. The lowest BCUT2D eigenvalue weighted by Gasteiger charge is -2.11. The topological polar surface area (TPSA) is 60.4 Å². The summed E-state index contributed by atoms with van der Waals surface area (Å²) in [6.45, 7) is 1.74. The van der Waals surface area contributed by atoms with Crippen LogP contribution >= 0.6 is 0 Å². The predicted molar refractivity (Wildman–Crippen MR) is 86.4 cm³/mol. The second-order valence-electron chi connectivity index (χ2n) is 5.26. The Labute approximate surface area is 135 Å². The highest BCUT2D eigenvalue weighted by Crippen LogP contribution is 2.20. The Bertz CT molecular complexity index is 702. The summed E-state index contributed by atoms with van der Waals surface area (Å²) in [5, 5.41) is 0.